The van der Waals surface area contributed by atoms with Gasteiger partial charge in [0.2, 0.25) is 5.78 Å². The first kappa shape index (κ1) is 20.4. The number of carbonyl (C=O) groups excluding carboxylic acids is 2. The second-order valence-electron chi connectivity index (χ2n) is 5.77. The van der Waals surface area contributed by atoms with Crippen LogP contribution in [0.2, 0.25) is 0 Å². The fourth-order valence-corrected chi connectivity index (χ4v) is 2.85. The van der Waals surface area contributed by atoms with E-state index in [1.54, 1.807) is 6.07 Å². The Morgan fingerprint density at radius 1 is 1.15 bits per heavy atom. The van der Waals surface area contributed by atoms with Crippen LogP contribution in [0.15, 0.2) is 24.3 Å². The molecule has 0 atom stereocenters. The van der Waals surface area contributed by atoms with E-state index in [1.807, 2.05) is 25.3 Å². The molecular weight excluding hydrogens is 360 g/mol. The van der Waals surface area contributed by atoms with Crippen LogP contribution < -0.4 is 9.47 Å². The quantitative estimate of drug-likeness (QED) is 0.514. The van der Waals surface area contributed by atoms with Gasteiger partial charge < -0.3 is 18.8 Å². The number of alkyl halides is 2. The molecule has 0 aliphatic carbocycles. The molecule has 0 unspecified atom stereocenters. The highest BCUT2D eigenvalue weighted by molar-refractivity contribution is 6.00. The van der Waals surface area contributed by atoms with Crippen molar-refractivity contribution in [2.45, 2.75) is 33.9 Å². The SMILES string of the molecule is CCn1c(C)cc(C(=O)COC(=O)c2ccc(OC(F)F)c(OC)c2)c1C. The van der Waals surface area contributed by atoms with E-state index in [9.17, 15) is 18.4 Å². The topological polar surface area (TPSA) is 66.8 Å². The maximum atomic E-state index is 12.4. The molecule has 0 aliphatic rings. The van der Waals surface area contributed by atoms with Gasteiger partial charge in [-0.1, -0.05) is 0 Å². The lowest BCUT2D eigenvalue weighted by Crippen LogP contribution is -2.15. The molecule has 0 aliphatic heterocycles. The zero-order chi connectivity index (χ0) is 20.1. The number of benzene rings is 1. The molecule has 0 bridgehead atoms. The zero-order valence-corrected chi connectivity index (χ0v) is 15.5. The van der Waals surface area contributed by atoms with Crippen molar-refractivity contribution in [1.29, 1.82) is 0 Å². The molecule has 0 spiro atoms. The average molecular weight is 381 g/mol. The summed E-state index contributed by atoms with van der Waals surface area (Å²) >= 11 is 0. The molecule has 146 valence electrons. The number of halogens is 2. The van der Waals surface area contributed by atoms with Crippen molar-refractivity contribution in [3.05, 3.63) is 46.8 Å². The van der Waals surface area contributed by atoms with Gasteiger partial charge >= 0.3 is 12.6 Å². The largest absolute Gasteiger partial charge is 0.493 e. The Labute approximate surface area is 155 Å². The summed E-state index contributed by atoms with van der Waals surface area (Å²) in [6.45, 7) is 2.99. The van der Waals surface area contributed by atoms with Crippen molar-refractivity contribution in [1.82, 2.24) is 4.57 Å². The monoisotopic (exact) mass is 381 g/mol. The molecule has 1 aromatic heterocycles. The van der Waals surface area contributed by atoms with Crippen molar-refractivity contribution in [3.63, 3.8) is 0 Å². The minimum Gasteiger partial charge on any atom is -0.493 e. The first-order chi connectivity index (χ1) is 12.8. The molecule has 0 amide bonds. The van der Waals surface area contributed by atoms with Crippen LogP contribution in [0.1, 0.15) is 39.0 Å². The number of methoxy groups -OCH3 is 1. The highest BCUT2D eigenvalue weighted by atomic mass is 19.3. The maximum absolute atomic E-state index is 12.4. The molecule has 0 N–H and O–H groups in total. The van der Waals surface area contributed by atoms with Gasteiger partial charge in [-0.3, -0.25) is 4.79 Å². The number of hydrogen-bond acceptors (Lipinski definition) is 5. The predicted octanol–water partition coefficient (Wildman–Crippen LogP) is 3.77. The lowest BCUT2D eigenvalue weighted by atomic mass is 10.1. The Balaban J connectivity index is 2.08. The first-order valence-electron chi connectivity index (χ1n) is 8.28. The van der Waals surface area contributed by atoms with Crippen LogP contribution in [0.3, 0.4) is 0 Å². The molecule has 2 aromatic rings. The van der Waals surface area contributed by atoms with Crippen LogP contribution in [0.25, 0.3) is 0 Å². The van der Waals surface area contributed by atoms with Gasteiger partial charge in [-0.25, -0.2) is 4.79 Å². The van der Waals surface area contributed by atoms with Crippen LogP contribution in [0.4, 0.5) is 8.78 Å². The van der Waals surface area contributed by atoms with Crippen LogP contribution >= 0.6 is 0 Å². The minimum absolute atomic E-state index is 0.0393. The Hall–Kier alpha value is -2.90. The number of Topliss-reactive ketones (excluding diaryl/α,β-unsaturated/α-hetero) is 1. The summed E-state index contributed by atoms with van der Waals surface area (Å²) in [5.41, 5.74) is 2.32. The number of ketones is 1. The number of aryl methyl sites for hydroxylation is 1. The summed E-state index contributed by atoms with van der Waals surface area (Å²) < 4.78 is 41.0. The maximum Gasteiger partial charge on any atom is 0.387 e. The van der Waals surface area contributed by atoms with Gasteiger partial charge in [0.05, 0.1) is 12.7 Å². The highest BCUT2D eigenvalue weighted by Gasteiger charge is 2.19. The second kappa shape index (κ2) is 8.66. The Bertz CT molecular complexity index is 845. The summed E-state index contributed by atoms with van der Waals surface area (Å²) in [6, 6.07) is 5.41. The molecule has 1 aromatic carbocycles. The standard InChI is InChI=1S/C19H21F2NO5/c1-5-22-11(2)8-14(12(22)3)15(23)10-26-18(24)13-6-7-16(27-19(20)21)17(9-13)25-4/h6-9,19H,5,10H2,1-4H3. The van der Waals surface area contributed by atoms with Crippen LogP contribution in [0.5, 0.6) is 11.5 Å². The van der Waals surface area contributed by atoms with E-state index in [2.05, 4.69) is 4.74 Å². The molecule has 8 heteroatoms. The number of rotatable bonds is 8. The number of hydrogen-bond donors (Lipinski definition) is 0. The van der Waals surface area contributed by atoms with E-state index in [0.29, 0.717) is 5.56 Å². The summed E-state index contributed by atoms with van der Waals surface area (Å²) in [4.78, 5) is 24.5. The third-order valence-electron chi connectivity index (χ3n) is 4.14. The molecule has 0 saturated heterocycles. The molecular formula is C19H21F2NO5. The van der Waals surface area contributed by atoms with Gasteiger partial charge in [-0.2, -0.15) is 8.78 Å². The lowest BCUT2D eigenvalue weighted by molar-refractivity contribution is -0.0512. The van der Waals surface area contributed by atoms with E-state index in [0.717, 1.165) is 17.9 Å². The van der Waals surface area contributed by atoms with Gasteiger partial charge in [0.15, 0.2) is 18.1 Å². The third kappa shape index (κ3) is 4.64. The molecule has 27 heavy (non-hydrogen) atoms. The Kier molecular flexibility index (Phi) is 6.55. The number of ether oxygens (including phenoxy) is 3. The summed E-state index contributed by atoms with van der Waals surface area (Å²) in [5, 5.41) is 0. The van der Waals surface area contributed by atoms with Crippen molar-refractivity contribution < 1.29 is 32.6 Å². The average Bonchev–Trinajstić information content (AvgIpc) is 2.92. The van der Waals surface area contributed by atoms with Gasteiger partial charge in [0, 0.05) is 23.5 Å². The smallest absolute Gasteiger partial charge is 0.387 e. The van der Waals surface area contributed by atoms with E-state index in [4.69, 9.17) is 9.47 Å². The zero-order valence-electron chi connectivity index (χ0n) is 15.5. The number of aromatic nitrogens is 1. The Morgan fingerprint density at radius 3 is 2.41 bits per heavy atom. The van der Waals surface area contributed by atoms with Crippen molar-refractivity contribution in [2.75, 3.05) is 13.7 Å². The second-order valence-corrected chi connectivity index (χ2v) is 5.77. The Morgan fingerprint density at radius 2 is 1.85 bits per heavy atom. The summed E-state index contributed by atoms with van der Waals surface area (Å²) in [7, 11) is 1.26. The fourth-order valence-electron chi connectivity index (χ4n) is 2.85. The molecule has 0 radical (unpaired) electrons. The minimum atomic E-state index is -3.02. The van der Waals surface area contributed by atoms with Crippen molar-refractivity contribution in [3.8, 4) is 11.5 Å². The summed E-state index contributed by atoms with van der Waals surface area (Å²) in [6.07, 6.45) is 0. The van der Waals surface area contributed by atoms with Gasteiger partial charge in [-0.15, -0.1) is 0 Å². The van der Waals surface area contributed by atoms with Crippen LogP contribution in [-0.2, 0) is 11.3 Å². The predicted molar refractivity (Wildman–Crippen MR) is 93.8 cm³/mol. The van der Waals surface area contributed by atoms with Crippen molar-refractivity contribution in [2.24, 2.45) is 0 Å². The molecule has 2 rings (SSSR count). The number of carbonyl (C=O) groups is 2. The van der Waals surface area contributed by atoms with E-state index in [1.165, 1.54) is 25.3 Å². The number of esters is 1. The molecule has 0 saturated carbocycles. The number of nitrogens with zero attached hydrogens (tertiary/aromatic N) is 1. The van der Waals surface area contributed by atoms with Crippen LogP contribution in [0, 0.1) is 13.8 Å². The summed E-state index contributed by atoms with van der Waals surface area (Å²) in [5.74, 6) is -1.33. The van der Waals surface area contributed by atoms with E-state index < -0.39 is 19.2 Å². The van der Waals surface area contributed by atoms with Gasteiger partial charge in [0.25, 0.3) is 0 Å². The van der Waals surface area contributed by atoms with Gasteiger partial charge in [-0.05, 0) is 45.0 Å². The van der Waals surface area contributed by atoms with Crippen LogP contribution in [-0.4, -0.2) is 36.6 Å². The highest BCUT2D eigenvalue weighted by Crippen LogP contribution is 2.29. The third-order valence-corrected chi connectivity index (χ3v) is 4.14. The van der Waals surface area contributed by atoms with Crippen molar-refractivity contribution >= 4 is 11.8 Å². The molecule has 6 nitrogen and oxygen atoms in total. The lowest BCUT2D eigenvalue weighted by Gasteiger charge is -2.11. The normalized spacial score (nSPS) is 10.8. The van der Waals surface area contributed by atoms with Gasteiger partial charge in [0.1, 0.15) is 0 Å². The fraction of sp³-hybridized carbons (Fsp3) is 0.368. The molecule has 1 heterocycles. The first-order valence-corrected chi connectivity index (χ1v) is 8.28. The molecule has 0 fully saturated rings. The van der Waals surface area contributed by atoms with E-state index >= 15 is 0 Å². The van der Waals surface area contributed by atoms with E-state index in [-0.39, 0.29) is 22.8 Å².